The molecule has 0 aliphatic carbocycles. The molecule has 0 radical (unpaired) electrons. The topological polar surface area (TPSA) is 46.2 Å². The number of rotatable bonds is 3. The number of anilines is 1. The number of hydrogen-bond donors (Lipinski definition) is 1. The van der Waals surface area contributed by atoms with E-state index in [-0.39, 0.29) is 20.1 Å². The zero-order chi connectivity index (χ0) is 14.9. The molecule has 0 spiro atoms. The van der Waals surface area contributed by atoms with Crippen LogP contribution in [0.4, 0.5) is 14.5 Å². The van der Waals surface area contributed by atoms with Crippen molar-refractivity contribution < 1.29 is 17.2 Å². The van der Waals surface area contributed by atoms with Gasteiger partial charge in [-0.15, -0.1) is 0 Å². The zero-order valence-corrected chi connectivity index (χ0v) is 12.9. The highest BCUT2D eigenvalue weighted by Crippen LogP contribution is 2.33. The van der Waals surface area contributed by atoms with Crippen molar-refractivity contribution in [3.63, 3.8) is 0 Å². The van der Waals surface area contributed by atoms with E-state index in [4.69, 9.17) is 11.6 Å². The predicted octanol–water partition coefficient (Wildman–Crippen LogP) is 4.18. The Labute approximate surface area is 127 Å². The first-order valence-corrected chi connectivity index (χ1v) is 7.88. The van der Waals surface area contributed by atoms with Crippen molar-refractivity contribution in [2.75, 3.05) is 4.72 Å². The van der Waals surface area contributed by atoms with Crippen LogP contribution in [-0.2, 0) is 10.0 Å². The number of halogens is 4. The van der Waals surface area contributed by atoms with Gasteiger partial charge >= 0.3 is 0 Å². The van der Waals surface area contributed by atoms with Crippen molar-refractivity contribution in [3.05, 3.63) is 57.5 Å². The summed E-state index contributed by atoms with van der Waals surface area (Å²) >= 11 is 8.82. The van der Waals surface area contributed by atoms with Crippen LogP contribution in [0.5, 0.6) is 0 Å². The summed E-state index contributed by atoms with van der Waals surface area (Å²) in [6.45, 7) is 0. The van der Waals surface area contributed by atoms with Crippen LogP contribution in [0.3, 0.4) is 0 Å². The van der Waals surface area contributed by atoms with E-state index >= 15 is 0 Å². The normalized spacial score (nSPS) is 11.4. The molecule has 0 bridgehead atoms. The van der Waals surface area contributed by atoms with Crippen LogP contribution in [0.1, 0.15) is 0 Å². The van der Waals surface area contributed by atoms with Gasteiger partial charge in [-0.05, 0) is 52.3 Å². The Balaban J connectivity index is 2.41. The molecule has 0 atom stereocenters. The first-order chi connectivity index (χ1) is 9.29. The number of sulfonamides is 1. The SMILES string of the molecule is O=S(=O)(Nc1c(Cl)cc(F)cc1Br)c1ccc(F)cc1. The quantitative estimate of drug-likeness (QED) is 0.865. The van der Waals surface area contributed by atoms with E-state index in [2.05, 4.69) is 20.7 Å². The third-order valence-corrected chi connectivity index (χ3v) is 4.66. The molecule has 2 aromatic carbocycles. The third-order valence-electron chi connectivity index (χ3n) is 2.37. The minimum Gasteiger partial charge on any atom is -0.277 e. The zero-order valence-electron chi connectivity index (χ0n) is 9.70. The molecule has 2 rings (SSSR count). The van der Waals surface area contributed by atoms with Crippen molar-refractivity contribution in [1.29, 1.82) is 0 Å². The Morgan fingerprint density at radius 1 is 1.05 bits per heavy atom. The standard InChI is InChI=1S/C12H7BrClF2NO2S/c13-10-5-8(16)6-11(14)12(10)17-20(18,19)9-3-1-7(15)2-4-9/h1-6,17H. The van der Waals surface area contributed by atoms with Crippen LogP contribution in [-0.4, -0.2) is 8.42 Å². The van der Waals surface area contributed by atoms with Gasteiger partial charge in [0.1, 0.15) is 11.6 Å². The second kappa shape index (κ2) is 5.67. The molecule has 0 saturated heterocycles. The van der Waals surface area contributed by atoms with E-state index in [0.717, 1.165) is 36.4 Å². The minimum absolute atomic E-state index is 0.0115. The average Bonchev–Trinajstić information content (AvgIpc) is 2.34. The van der Waals surface area contributed by atoms with Crippen molar-refractivity contribution in [2.45, 2.75) is 4.90 Å². The number of hydrogen-bond acceptors (Lipinski definition) is 2. The van der Waals surface area contributed by atoms with Gasteiger partial charge < -0.3 is 0 Å². The van der Waals surface area contributed by atoms with Crippen LogP contribution in [0.2, 0.25) is 5.02 Å². The summed E-state index contributed by atoms with van der Waals surface area (Å²) in [7, 11) is -3.94. The Kier molecular flexibility index (Phi) is 4.31. The van der Waals surface area contributed by atoms with Gasteiger partial charge in [0.05, 0.1) is 15.6 Å². The van der Waals surface area contributed by atoms with Gasteiger partial charge in [0.2, 0.25) is 0 Å². The maximum absolute atomic E-state index is 13.1. The van der Waals surface area contributed by atoms with Crippen molar-refractivity contribution in [3.8, 4) is 0 Å². The molecule has 8 heteroatoms. The monoisotopic (exact) mass is 381 g/mol. The lowest BCUT2D eigenvalue weighted by Crippen LogP contribution is -2.13. The molecular formula is C12H7BrClF2NO2S. The molecule has 3 nitrogen and oxygen atoms in total. The maximum atomic E-state index is 13.1. The Hall–Kier alpha value is -1.18. The molecule has 0 fully saturated rings. The number of nitrogens with one attached hydrogen (secondary N) is 1. The van der Waals surface area contributed by atoms with Crippen molar-refractivity contribution >= 4 is 43.2 Å². The second-order valence-electron chi connectivity index (χ2n) is 3.80. The molecule has 0 aromatic heterocycles. The lowest BCUT2D eigenvalue weighted by Gasteiger charge is -2.11. The second-order valence-corrected chi connectivity index (χ2v) is 6.75. The Morgan fingerprint density at radius 2 is 1.65 bits per heavy atom. The summed E-state index contributed by atoms with van der Waals surface area (Å²) in [6, 6.07) is 6.33. The molecule has 0 aliphatic heterocycles. The largest absolute Gasteiger partial charge is 0.277 e. The first-order valence-electron chi connectivity index (χ1n) is 5.22. The highest BCUT2D eigenvalue weighted by atomic mass is 79.9. The molecule has 2 aromatic rings. The van der Waals surface area contributed by atoms with Gasteiger partial charge in [-0.1, -0.05) is 11.6 Å². The fraction of sp³-hybridized carbons (Fsp3) is 0. The molecule has 20 heavy (non-hydrogen) atoms. The molecule has 0 aliphatic rings. The van der Waals surface area contributed by atoms with E-state index in [0.29, 0.717) is 0 Å². The number of benzene rings is 2. The van der Waals surface area contributed by atoms with E-state index < -0.39 is 21.7 Å². The van der Waals surface area contributed by atoms with Crippen molar-refractivity contribution in [1.82, 2.24) is 0 Å². The smallest absolute Gasteiger partial charge is 0.261 e. The fourth-order valence-corrected chi connectivity index (χ4v) is 3.63. The summed E-state index contributed by atoms with van der Waals surface area (Å²) in [5.74, 6) is -1.16. The van der Waals surface area contributed by atoms with Crippen molar-refractivity contribution in [2.24, 2.45) is 0 Å². The van der Waals surface area contributed by atoms with E-state index in [1.165, 1.54) is 0 Å². The third kappa shape index (κ3) is 3.28. The van der Waals surface area contributed by atoms with Gasteiger partial charge in [0.15, 0.2) is 0 Å². The molecule has 0 unspecified atom stereocenters. The molecular weight excluding hydrogens is 376 g/mol. The summed E-state index contributed by atoms with van der Waals surface area (Å²) in [6.07, 6.45) is 0. The van der Waals surface area contributed by atoms with Gasteiger partial charge in [0, 0.05) is 4.47 Å². The predicted molar refractivity (Wildman–Crippen MR) is 76.3 cm³/mol. The molecule has 106 valence electrons. The van der Waals surface area contributed by atoms with Gasteiger partial charge in [0.25, 0.3) is 10.0 Å². The molecule has 1 N–H and O–H groups in total. The minimum atomic E-state index is -3.94. The first kappa shape index (κ1) is 15.2. The van der Waals surface area contributed by atoms with E-state index in [1.807, 2.05) is 0 Å². The van der Waals surface area contributed by atoms with Gasteiger partial charge in [-0.3, -0.25) is 4.72 Å². The Morgan fingerprint density at radius 3 is 2.20 bits per heavy atom. The van der Waals surface area contributed by atoms with Crippen LogP contribution >= 0.6 is 27.5 Å². The van der Waals surface area contributed by atoms with Crippen LogP contribution in [0, 0.1) is 11.6 Å². The summed E-state index contributed by atoms with van der Waals surface area (Å²) < 4.78 is 52.4. The molecule has 0 heterocycles. The van der Waals surface area contributed by atoms with E-state index in [9.17, 15) is 17.2 Å². The van der Waals surface area contributed by atoms with Crippen LogP contribution < -0.4 is 4.72 Å². The molecule has 0 saturated carbocycles. The van der Waals surface area contributed by atoms with Crippen LogP contribution in [0.25, 0.3) is 0 Å². The lowest BCUT2D eigenvalue weighted by atomic mass is 10.3. The van der Waals surface area contributed by atoms with Gasteiger partial charge in [-0.2, -0.15) is 0 Å². The highest BCUT2D eigenvalue weighted by Gasteiger charge is 2.18. The van der Waals surface area contributed by atoms with E-state index in [1.54, 1.807) is 0 Å². The van der Waals surface area contributed by atoms with Crippen LogP contribution in [0.15, 0.2) is 45.8 Å². The fourth-order valence-electron chi connectivity index (χ4n) is 1.45. The Bertz CT molecular complexity index is 728. The highest BCUT2D eigenvalue weighted by molar-refractivity contribution is 9.10. The maximum Gasteiger partial charge on any atom is 0.261 e. The summed E-state index contributed by atoms with van der Waals surface area (Å²) in [5.41, 5.74) is 0.0115. The van der Waals surface area contributed by atoms with Gasteiger partial charge in [-0.25, -0.2) is 17.2 Å². The lowest BCUT2D eigenvalue weighted by molar-refractivity contribution is 0.599. The molecule has 0 amide bonds. The average molecular weight is 383 g/mol. The summed E-state index contributed by atoms with van der Waals surface area (Å²) in [4.78, 5) is -0.133. The summed E-state index contributed by atoms with van der Waals surface area (Å²) in [5, 5.41) is -0.0949.